The minimum atomic E-state index is -1.10. The van der Waals surface area contributed by atoms with Crippen LogP contribution in [0.5, 0.6) is 0 Å². The molecule has 0 bridgehead atoms. The van der Waals surface area contributed by atoms with Gasteiger partial charge in [-0.3, -0.25) is 4.40 Å². The maximum absolute atomic E-state index is 13.3. The first kappa shape index (κ1) is 11.4. The van der Waals surface area contributed by atoms with Crippen molar-refractivity contribution < 1.29 is 14.3 Å². The van der Waals surface area contributed by atoms with E-state index in [2.05, 4.69) is 4.98 Å². The lowest BCUT2D eigenvalue weighted by Crippen LogP contribution is -2.03. The molecule has 0 aliphatic heterocycles. The number of pyridine rings is 1. The van der Waals surface area contributed by atoms with Gasteiger partial charge in [0.05, 0.1) is 0 Å². The van der Waals surface area contributed by atoms with Crippen LogP contribution < -0.4 is 0 Å². The van der Waals surface area contributed by atoms with Crippen molar-refractivity contribution in [1.29, 1.82) is 0 Å². The number of rotatable bonds is 2. The number of aromatic nitrogens is 2. The molecule has 2 heterocycles. The van der Waals surface area contributed by atoms with Gasteiger partial charge in [-0.05, 0) is 24.3 Å². The Kier molecular flexibility index (Phi) is 2.52. The SMILES string of the molecule is O=C(O)c1c(-c2cccc(F)c2)nc2ccccn12. The predicted octanol–water partition coefficient (Wildman–Crippen LogP) is 2.84. The van der Waals surface area contributed by atoms with E-state index in [9.17, 15) is 14.3 Å². The normalized spacial score (nSPS) is 10.8. The fourth-order valence-corrected chi connectivity index (χ4v) is 2.04. The molecule has 0 fully saturated rings. The fraction of sp³-hybridized carbons (Fsp3) is 0. The highest BCUT2D eigenvalue weighted by molar-refractivity contribution is 5.94. The van der Waals surface area contributed by atoms with Crippen molar-refractivity contribution in [2.24, 2.45) is 0 Å². The number of nitrogens with zero attached hydrogens (tertiary/aromatic N) is 2. The van der Waals surface area contributed by atoms with Crippen molar-refractivity contribution in [3.05, 3.63) is 60.2 Å². The van der Waals surface area contributed by atoms with E-state index in [1.807, 2.05) is 0 Å². The van der Waals surface area contributed by atoms with E-state index >= 15 is 0 Å². The fourth-order valence-electron chi connectivity index (χ4n) is 2.04. The monoisotopic (exact) mass is 256 g/mol. The molecular weight excluding hydrogens is 247 g/mol. The van der Waals surface area contributed by atoms with Gasteiger partial charge in [-0.15, -0.1) is 0 Å². The van der Waals surface area contributed by atoms with E-state index in [-0.39, 0.29) is 11.4 Å². The van der Waals surface area contributed by atoms with Crippen molar-refractivity contribution in [3.8, 4) is 11.3 Å². The van der Waals surface area contributed by atoms with Crippen molar-refractivity contribution in [2.45, 2.75) is 0 Å². The molecular formula is C14H9FN2O2. The Balaban J connectivity index is 2.34. The first-order valence-electron chi connectivity index (χ1n) is 5.63. The Morgan fingerprint density at radius 3 is 2.79 bits per heavy atom. The Morgan fingerprint density at radius 1 is 1.21 bits per heavy atom. The van der Waals surface area contributed by atoms with Crippen LogP contribution in [0.4, 0.5) is 4.39 Å². The van der Waals surface area contributed by atoms with Crippen molar-refractivity contribution >= 4 is 11.6 Å². The standard InChI is InChI=1S/C14H9FN2O2/c15-10-5-3-4-9(8-10)12-13(14(18)19)17-7-2-1-6-11(17)16-12/h1-8H,(H,18,19). The molecule has 0 unspecified atom stereocenters. The van der Waals surface area contributed by atoms with Crippen molar-refractivity contribution in [2.75, 3.05) is 0 Å². The van der Waals surface area contributed by atoms with Gasteiger partial charge in [-0.1, -0.05) is 18.2 Å². The number of carboxylic acids is 1. The molecule has 1 N–H and O–H groups in total. The van der Waals surface area contributed by atoms with Gasteiger partial charge in [0, 0.05) is 11.8 Å². The summed E-state index contributed by atoms with van der Waals surface area (Å²) in [6.45, 7) is 0. The van der Waals surface area contributed by atoms with E-state index in [1.165, 1.54) is 22.6 Å². The van der Waals surface area contributed by atoms with Crippen LogP contribution in [0.3, 0.4) is 0 Å². The van der Waals surface area contributed by atoms with Crippen molar-refractivity contribution in [3.63, 3.8) is 0 Å². The lowest BCUT2D eigenvalue weighted by atomic mass is 10.1. The zero-order valence-corrected chi connectivity index (χ0v) is 9.75. The quantitative estimate of drug-likeness (QED) is 0.767. The lowest BCUT2D eigenvalue weighted by Gasteiger charge is -2.00. The molecule has 5 heteroatoms. The van der Waals surface area contributed by atoms with E-state index < -0.39 is 11.8 Å². The molecule has 19 heavy (non-hydrogen) atoms. The maximum Gasteiger partial charge on any atom is 0.355 e. The van der Waals surface area contributed by atoms with E-state index in [0.717, 1.165) is 0 Å². The molecule has 4 nitrogen and oxygen atoms in total. The highest BCUT2D eigenvalue weighted by Gasteiger charge is 2.19. The van der Waals surface area contributed by atoms with Gasteiger partial charge < -0.3 is 5.11 Å². The topological polar surface area (TPSA) is 54.6 Å². The summed E-state index contributed by atoms with van der Waals surface area (Å²) >= 11 is 0. The Morgan fingerprint density at radius 2 is 2.05 bits per heavy atom. The molecule has 0 aliphatic rings. The number of halogens is 1. The largest absolute Gasteiger partial charge is 0.476 e. The third kappa shape index (κ3) is 1.85. The average Bonchev–Trinajstić information content (AvgIpc) is 2.78. The molecule has 2 aromatic heterocycles. The molecule has 3 rings (SSSR count). The van der Waals surface area contributed by atoms with Gasteiger partial charge in [0.25, 0.3) is 0 Å². The zero-order valence-electron chi connectivity index (χ0n) is 9.75. The maximum atomic E-state index is 13.3. The van der Waals surface area contributed by atoms with Gasteiger partial charge in [0.1, 0.15) is 17.2 Å². The Hall–Kier alpha value is -2.69. The number of aromatic carboxylic acids is 1. The van der Waals surface area contributed by atoms with Crippen LogP contribution >= 0.6 is 0 Å². The second-order valence-corrected chi connectivity index (χ2v) is 4.05. The highest BCUT2D eigenvalue weighted by Crippen LogP contribution is 2.25. The second kappa shape index (κ2) is 4.20. The molecule has 94 valence electrons. The summed E-state index contributed by atoms with van der Waals surface area (Å²) in [6, 6.07) is 10.9. The third-order valence-corrected chi connectivity index (χ3v) is 2.83. The second-order valence-electron chi connectivity index (χ2n) is 4.05. The molecule has 0 saturated carbocycles. The predicted molar refractivity (Wildman–Crippen MR) is 67.5 cm³/mol. The number of fused-ring (bicyclic) bond motifs is 1. The zero-order chi connectivity index (χ0) is 13.4. The summed E-state index contributed by atoms with van der Waals surface area (Å²) in [4.78, 5) is 15.7. The smallest absolute Gasteiger partial charge is 0.355 e. The summed E-state index contributed by atoms with van der Waals surface area (Å²) in [5.74, 6) is -1.52. The van der Waals surface area contributed by atoms with Crippen LogP contribution in [0.25, 0.3) is 16.9 Å². The summed E-state index contributed by atoms with van der Waals surface area (Å²) < 4.78 is 14.7. The summed E-state index contributed by atoms with van der Waals surface area (Å²) in [5, 5.41) is 9.33. The summed E-state index contributed by atoms with van der Waals surface area (Å²) in [7, 11) is 0. The minimum Gasteiger partial charge on any atom is -0.476 e. The first-order chi connectivity index (χ1) is 9.16. The van der Waals surface area contributed by atoms with Crippen LogP contribution in [0.1, 0.15) is 10.5 Å². The van der Waals surface area contributed by atoms with Crippen molar-refractivity contribution in [1.82, 2.24) is 9.38 Å². The van der Waals surface area contributed by atoms with Crippen LogP contribution in [-0.4, -0.2) is 20.5 Å². The van der Waals surface area contributed by atoms with Crippen LogP contribution in [0.2, 0.25) is 0 Å². The number of hydrogen-bond acceptors (Lipinski definition) is 2. The van der Waals surface area contributed by atoms with Crippen LogP contribution in [0.15, 0.2) is 48.7 Å². The molecule has 0 radical (unpaired) electrons. The molecule has 0 saturated heterocycles. The molecule has 0 atom stereocenters. The third-order valence-electron chi connectivity index (χ3n) is 2.83. The molecule has 3 aromatic rings. The summed E-state index contributed by atoms with van der Waals surface area (Å²) in [5.41, 5.74) is 1.25. The van der Waals surface area contributed by atoms with E-state index in [1.54, 1.807) is 30.5 Å². The molecule has 0 amide bonds. The Bertz CT molecular complexity index is 780. The minimum absolute atomic E-state index is 0.0289. The van der Waals surface area contributed by atoms with Gasteiger partial charge in [0.15, 0.2) is 5.69 Å². The first-order valence-corrected chi connectivity index (χ1v) is 5.63. The van der Waals surface area contributed by atoms with Crippen LogP contribution in [0, 0.1) is 5.82 Å². The highest BCUT2D eigenvalue weighted by atomic mass is 19.1. The van der Waals surface area contributed by atoms with Crippen LogP contribution in [-0.2, 0) is 0 Å². The number of benzene rings is 1. The number of imidazole rings is 1. The average molecular weight is 256 g/mol. The summed E-state index contributed by atoms with van der Waals surface area (Å²) in [6.07, 6.45) is 1.62. The molecule has 1 aromatic carbocycles. The number of carboxylic acid groups (broad SMARTS) is 1. The number of hydrogen-bond donors (Lipinski definition) is 1. The van der Waals surface area contributed by atoms with E-state index in [0.29, 0.717) is 11.2 Å². The van der Waals surface area contributed by atoms with Gasteiger partial charge in [-0.2, -0.15) is 0 Å². The molecule has 0 spiro atoms. The van der Waals surface area contributed by atoms with E-state index in [4.69, 9.17) is 0 Å². The molecule has 0 aliphatic carbocycles. The lowest BCUT2D eigenvalue weighted by molar-refractivity contribution is 0.0690. The number of carbonyl (C=O) groups is 1. The van der Waals surface area contributed by atoms with Gasteiger partial charge >= 0.3 is 5.97 Å². The Labute approximate surface area is 107 Å². The van der Waals surface area contributed by atoms with Gasteiger partial charge in [-0.25, -0.2) is 14.2 Å². The van der Waals surface area contributed by atoms with Gasteiger partial charge in [0.2, 0.25) is 0 Å².